The van der Waals surface area contributed by atoms with E-state index in [1.165, 1.54) is 0 Å². The molecular formula is C22H40N8O8. The van der Waals surface area contributed by atoms with E-state index in [1.807, 2.05) is 0 Å². The molecule has 0 saturated carbocycles. The van der Waals surface area contributed by atoms with Gasteiger partial charge in [0.15, 0.2) is 5.96 Å². The number of primary amides is 1. The van der Waals surface area contributed by atoms with E-state index in [0.29, 0.717) is 0 Å². The van der Waals surface area contributed by atoms with Crippen LogP contribution in [0.4, 0.5) is 0 Å². The number of amides is 4. The van der Waals surface area contributed by atoms with Gasteiger partial charge in [0.05, 0.1) is 6.04 Å². The van der Waals surface area contributed by atoms with E-state index in [-0.39, 0.29) is 63.4 Å². The maximum atomic E-state index is 13.0. The number of carbonyl (C=O) groups excluding carboxylic acids is 4. The normalized spacial score (nSPS) is 13.9. The Kier molecular flexibility index (Phi) is 15.7. The SMILES string of the molecule is CC(C)CC(NC(=O)C(N)CCC(=O)O)C(=O)NC(CCC(N)=O)C(=O)NC(CCCN=C(N)N)C(=O)O. The fourth-order valence-corrected chi connectivity index (χ4v) is 3.25. The molecule has 0 aliphatic heterocycles. The number of carboxylic acid groups (broad SMARTS) is 2. The zero-order valence-corrected chi connectivity index (χ0v) is 21.6. The Bertz CT molecular complexity index is 875. The number of hydrogen-bond donors (Lipinski definition) is 9. The van der Waals surface area contributed by atoms with Crippen molar-refractivity contribution >= 4 is 41.5 Å². The maximum absolute atomic E-state index is 13.0. The summed E-state index contributed by atoms with van der Waals surface area (Å²) >= 11 is 0. The van der Waals surface area contributed by atoms with Crippen molar-refractivity contribution in [2.75, 3.05) is 6.54 Å². The molecule has 0 saturated heterocycles. The van der Waals surface area contributed by atoms with Crippen LogP contribution in [-0.2, 0) is 28.8 Å². The van der Waals surface area contributed by atoms with Crippen LogP contribution in [0.15, 0.2) is 4.99 Å². The Balaban J connectivity index is 5.54. The molecule has 0 rings (SSSR count). The van der Waals surface area contributed by atoms with Crippen molar-refractivity contribution in [3.05, 3.63) is 0 Å². The van der Waals surface area contributed by atoms with E-state index in [0.717, 1.165) is 0 Å². The number of hydrogen-bond acceptors (Lipinski definition) is 8. The highest BCUT2D eigenvalue weighted by Crippen LogP contribution is 2.09. The molecule has 216 valence electrons. The third-order valence-electron chi connectivity index (χ3n) is 5.22. The highest BCUT2D eigenvalue weighted by Gasteiger charge is 2.31. The second-order valence-electron chi connectivity index (χ2n) is 9.14. The molecule has 4 amide bonds. The molecule has 0 radical (unpaired) electrons. The summed E-state index contributed by atoms with van der Waals surface area (Å²) in [6.07, 6.45) is -0.652. The lowest BCUT2D eigenvalue weighted by atomic mass is 10.0. The Labute approximate surface area is 220 Å². The Morgan fingerprint density at radius 2 is 1.32 bits per heavy atom. The molecule has 4 unspecified atom stereocenters. The largest absolute Gasteiger partial charge is 0.481 e. The van der Waals surface area contributed by atoms with E-state index in [2.05, 4.69) is 20.9 Å². The monoisotopic (exact) mass is 544 g/mol. The predicted octanol–water partition coefficient (Wildman–Crippen LogP) is -2.92. The van der Waals surface area contributed by atoms with E-state index < -0.39 is 59.7 Å². The number of carboxylic acids is 2. The van der Waals surface area contributed by atoms with Gasteiger partial charge in [-0.3, -0.25) is 29.0 Å². The maximum Gasteiger partial charge on any atom is 0.326 e. The van der Waals surface area contributed by atoms with Crippen molar-refractivity contribution in [3.8, 4) is 0 Å². The van der Waals surface area contributed by atoms with Gasteiger partial charge in [-0.25, -0.2) is 4.79 Å². The second kappa shape index (κ2) is 17.5. The third kappa shape index (κ3) is 15.2. The lowest BCUT2D eigenvalue weighted by Crippen LogP contribution is -2.57. The van der Waals surface area contributed by atoms with Gasteiger partial charge in [0.2, 0.25) is 23.6 Å². The average Bonchev–Trinajstić information content (AvgIpc) is 2.80. The predicted molar refractivity (Wildman–Crippen MR) is 136 cm³/mol. The first-order valence-electron chi connectivity index (χ1n) is 12.1. The van der Waals surface area contributed by atoms with Gasteiger partial charge >= 0.3 is 11.9 Å². The van der Waals surface area contributed by atoms with Crippen LogP contribution in [0.3, 0.4) is 0 Å². The summed E-state index contributed by atoms with van der Waals surface area (Å²) in [7, 11) is 0. The summed E-state index contributed by atoms with van der Waals surface area (Å²) in [6.45, 7) is 3.71. The zero-order chi connectivity index (χ0) is 29.4. The van der Waals surface area contributed by atoms with Crippen LogP contribution < -0.4 is 38.9 Å². The molecule has 0 aromatic carbocycles. The molecule has 0 fully saturated rings. The van der Waals surface area contributed by atoms with Gasteiger partial charge in [0, 0.05) is 19.4 Å². The Morgan fingerprint density at radius 1 is 0.763 bits per heavy atom. The zero-order valence-electron chi connectivity index (χ0n) is 21.6. The molecule has 0 bridgehead atoms. The van der Waals surface area contributed by atoms with E-state index in [1.54, 1.807) is 13.8 Å². The molecule has 13 N–H and O–H groups in total. The number of nitrogens with two attached hydrogens (primary N) is 4. The Hall–Kier alpha value is -3.95. The van der Waals surface area contributed by atoms with Crippen LogP contribution in [0.25, 0.3) is 0 Å². The highest BCUT2D eigenvalue weighted by molar-refractivity contribution is 5.94. The topological polar surface area (TPSA) is 295 Å². The third-order valence-corrected chi connectivity index (χ3v) is 5.22. The van der Waals surface area contributed by atoms with Gasteiger partial charge in [-0.1, -0.05) is 13.8 Å². The fraction of sp³-hybridized carbons (Fsp3) is 0.682. The lowest BCUT2D eigenvalue weighted by molar-refractivity contribution is -0.142. The standard InChI is InChI=1S/C22H40N8O8/c1-11(2)10-15(30-18(34)12(23)5-8-17(32)33)20(36)28-13(6-7-16(24)31)19(35)29-14(21(37)38)4-3-9-27-22(25)26/h11-15H,3-10,23H2,1-2H3,(H2,24,31)(H,28,36)(H,29,35)(H,30,34)(H,32,33)(H,37,38)(H4,25,26,27). The molecule has 16 heteroatoms. The fourth-order valence-electron chi connectivity index (χ4n) is 3.25. The molecule has 0 aliphatic carbocycles. The van der Waals surface area contributed by atoms with Crippen LogP contribution in [0.5, 0.6) is 0 Å². The minimum atomic E-state index is -1.35. The number of nitrogens with zero attached hydrogens (tertiary/aromatic N) is 1. The number of carbonyl (C=O) groups is 6. The van der Waals surface area contributed by atoms with Gasteiger partial charge in [-0.05, 0) is 38.0 Å². The summed E-state index contributed by atoms with van der Waals surface area (Å²) in [5, 5.41) is 25.5. The summed E-state index contributed by atoms with van der Waals surface area (Å²) in [4.78, 5) is 75.8. The van der Waals surface area contributed by atoms with E-state index >= 15 is 0 Å². The first kappa shape index (κ1) is 34.0. The van der Waals surface area contributed by atoms with Crippen molar-refractivity contribution in [2.24, 2.45) is 33.8 Å². The molecule has 0 spiro atoms. The van der Waals surface area contributed by atoms with E-state index in [9.17, 15) is 33.9 Å². The van der Waals surface area contributed by atoms with Crippen LogP contribution in [0.2, 0.25) is 0 Å². The van der Waals surface area contributed by atoms with Crippen molar-refractivity contribution in [1.29, 1.82) is 0 Å². The first-order chi connectivity index (χ1) is 17.6. The lowest BCUT2D eigenvalue weighted by Gasteiger charge is -2.26. The number of guanidine groups is 1. The number of nitrogens with one attached hydrogen (secondary N) is 3. The minimum Gasteiger partial charge on any atom is -0.481 e. The molecular weight excluding hydrogens is 504 g/mol. The molecule has 16 nitrogen and oxygen atoms in total. The van der Waals surface area contributed by atoms with Crippen LogP contribution in [0.1, 0.15) is 58.8 Å². The average molecular weight is 545 g/mol. The quantitative estimate of drug-likeness (QED) is 0.0450. The minimum absolute atomic E-state index is 0.0192. The number of rotatable bonds is 19. The van der Waals surface area contributed by atoms with Crippen molar-refractivity contribution < 1.29 is 39.0 Å². The van der Waals surface area contributed by atoms with Gasteiger partial charge in [-0.2, -0.15) is 0 Å². The number of aliphatic imine (C=N–C) groups is 1. The summed E-state index contributed by atoms with van der Waals surface area (Å²) in [5.74, 6) is -5.87. The van der Waals surface area contributed by atoms with Crippen LogP contribution in [0, 0.1) is 5.92 Å². The smallest absolute Gasteiger partial charge is 0.326 e. The van der Waals surface area contributed by atoms with Crippen molar-refractivity contribution in [3.63, 3.8) is 0 Å². The van der Waals surface area contributed by atoms with Crippen LogP contribution in [-0.4, -0.2) is 82.5 Å². The van der Waals surface area contributed by atoms with Gasteiger partial charge < -0.3 is 49.1 Å². The van der Waals surface area contributed by atoms with Gasteiger partial charge in [0.25, 0.3) is 0 Å². The van der Waals surface area contributed by atoms with Crippen LogP contribution >= 0.6 is 0 Å². The van der Waals surface area contributed by atoms with E-state index in [4.69, 9.17) is 28.0 Å². The molecule has 0 aromatic rings. The van der Waals surface area contributed by atoms with Gasteiger partial charge in [0.1, 0.15) is 18.1 Å². The first-order valence-corrected chi connectivity index (χ1v) is 12.1. The molecule has 0 aliphatic rings. The van der Waals surface area contributed by atoms with Crippen molar-refractivity contribution in [2.45, 2.75) is 83.0 Å². The highest BCUT2D eigenvalue weighted by atomic mass is 16.4. The molecule has 0 heterocycles. The summed E-state index contributed by atoms with van der Waals surface area (Å²) in [6, 6.07) is -5.00. The Morgan fingerprint density at radius 3 is 1.82 bits per heavy atom. The molecule has 4 atom stereocenters. The second-order valence-corrected chi connectivity index (χ2v) is 9.14. The number of aliphatic carboxylic acids is 2. The van der Waals surface area contributed by atoms with Gasteiger partial charge in [-0.15, -0.1) is 0 Å². The molecule has 0 aromatic heterocycles. The molecule has 38 heavy (non-hydrogen) atoms. The van der Waals surface area contributed by atoms with Crippen molar-refractivity contribution in [1.82, 2.24) is 16.0 Å². The summed E-state index contributed by atoms with van der Waals surface area (Å²) in [5.41, 5.74) is 21.4. The summed E-state index contributed by atoms with van der Waals surface area (Å²) < 4.78 is 0.